The maximum Gasteiger partial charge on any atom is 0.306 e. The van der Waals surface area contributed by atoms with E-state index in [2.05, 4.69) is 75.2 Å². The number of ether oxygens (including phenoxy) is 1. The second-order valence-corrected chi connectivity index (χ2v) is 10.7. The molecule has 2 nitrogen and oxygen atoms in total. The molecule has 0 unspecified atom stereocenters. The Kier molecular flexibility index (Phi) is 6.41. The summed E-state index contributed by atoms with van der Waals surface area (Å²) in [6, 6.07) is 13.2. The zero-order valence-electron chi connectivity index (χ0n) is 17.1. The van der Waals surface area contributed by atoms with E-state index in [1.54, 1.807) is 0 Å². The Balaban J connectivity index is 1.69. The Bertz CT molecular complexity index is 829. The van der Waals surface area contributed by atoms with E-state index in [1.807, 2.05) is 20.8 Å². The third-order valence-electron chi connectivity index (χ3n) is 5.42. The van der Waals surface area contributed by atoms with Crippen molar-refractivity contribution in [1.82, 2.24) is 0 Å². The lowest BCUT2D eigenvalue weighted by molar-refractivity contribution is -0.154. The van der Waals surface area contributed by atoms with E-state index in [0.29, 0.717) is 6.42 Å². The van der Waals surface area contributed by atoms with Gasteiger partial charge < -0.3 is 4.74 Å². The van der Waals surface area contributed by atoms with Gasteiger partial charge in [-0.05, 0) is 80.1 Å². The summed E-state index contributed by atoms with van der Waals surface area (Å²) in [7, 11) is 0. The summed E-state index contributed by atoms with van der Waals surface area (Å²) in [4.78, 5) is 11.9. The van der Waals surface area contributed by atoms with Crippen molar-refractivity contribution in [2.75, 3.05) is 0 Å². The van der Waals surface area contributed by atoms with E-state index in [9.17, 15) is 4.79 Å². The second kappa shape index (κ2) is 8.31. The molecule has 28 heavy (non-hydrogen) atoms. The van der Waals surface area contributed by atoms with Gasteiger partial charge in [0.2, 0.25) is 0 Å². The second-order valence-electron chi connectivity index (χ2n) is 8.86. The fraction of sp³-hybridized carbons (Fsp3) is 0.458. The molecule has 0 aliphatic heterocycles. The minimum absolute atomic E-state index is 0.00978. The largest absolute Gasteiger partial charge is 0.460 e. The van der Waals surface area contributed by atoms with Crippen molar-refractivity contribution in [2.45, 2.75) is 70.8 Å². The number of rotatable bonds is 6. The van der Waals surface area contributed by atoms with Crippen LogP contribution in [0.1, 0.15) is 70.9 Å². The van der Waals surface area contributed by atoms with Gasteiger partial charge in [0, 0.05) is 20.8 Å². The van der Waals surface area contributed by atoms with E-state index >= 15 is 0 Å². The number of esters is 1. The lowest BCUT2D eigenvalue weighted by Crippen LogP contribution is -2.23. The summed E-state index contributed by atoms with van der Waals surface area (Å²) in [5.41, 5.74) is 5.04. The third-order valence-corrected chi connectivity index (χ3v) is 6.41. The average Bonchev–Trinajstić information content (AvgIpc) is 2.82. The van der Waals surface area contributed by atoms with Crippen molar-refractivity contribution in [3.63, 3.8) is 0 Å². The molecular weight excluding hydrogens is 480 g/mol. The van der Waals surface area contributed by atoms with Crippen molar-refractivity contribution in [2.24, 2.45) is 0 Å². The quantitative estimate of drug-likeness (QED) is 0.294. The SMILES string of the molecule is CC(C)(C)OC(=O)CCCCCC1(C)c2cc(Br)ccc2-c2ccc(Br)cc21. The lowest BCUT2D eigenvalue weighted by atomic mass is 9.76. The van der Waals surface area contributed by atoms with Gasteiger partial charge >= 0.3 is 5.97 Å². The van der Waals surface area contributed by atoms with Crippen LogP contribution in [-0.4, -0.2) is 11.6 Å². The molecule has 0 amide bonds. The van der Waals surface area contributed by atoms with Gasteiger partial charge in [-0.2, -0.15) is 0 Å². The van der Waals surface area contributed by atoms with Crippen LogP contribution in [0.2, 0.25) is 0 Å². The van der Waals surface area contributed by atoms with E-state index in [4.69, 9.17) is 4.74 Å². The van der Waals surface area contributed by atoms with Crippen LogP contribution in [0.5, 0.6) is 0 Å². The molecule has 2 aromatic carbocycles. The number of unbranched alkanes of at least 4 members (excludes halogenated alkanes) is 2. The van der Waals surface area contributed by atoms with Crippen molar-refractivity contribution in [1.29, 1.82) is 0 Å². The van der Waals surface area contributed by atoms with Crippen molar-refractivity contribution >= 4 is 37.8 Å². The molecular formula is C24H28Br2O2. The maximum absolute atomic E-state index is 11.9. The van der Waals surface area contributed by atoms with Gasteiger partial charge in [-0.15, -0.1) is 0 Å². The molecule has 4 heteroatoms. The molecule has 150 valence electrons. The van der Waals surface area contributed by atoms with Crippen LogP contribution < -0.4 is 0 Å². The molecule has 0 saturated heterocycles. The first-order valence-electron chi connectivity index (χ1n) is 9.92. The molecule has 1 aliphatic rings. The first kappa shape index (κ1) is 21.6. The standard InChI is InChI=1S/C24H28Br2O2/c1-23(2,3)28-22(27)8-6-5-7-13-24(4)20-14-16(25)9-11-18(20)19-12-10-17(26)15-21(19)24/h9-12,14-15H,5-8,13H2,1-4H3. The van der Waals surface area contributed by atoms with E-state index in [-0.39, 0.29) is 11.4 Å². The summed E-state index contributed by atoms with van der Waals surface area (Å²) in [6.45, 7) is 8.09. The van der Waals surface area contributed by atoms with Crippen molar-refractivity contribution < 1.29 is 9.53 Å². The number of carbonyl (C=O) groups excluding carboxylic acids is 1. The predicted molar refractivity (Wildman–Crippen MR) is 123 cm³/mol. The molecule has 1 aliphatic carbocycles. The summed E-state index contributed by atoms with van der Waals surface area (Å²) in [5, 5.41) is 0. The number of fused-ring (bicyclic) bond motifs is 3. The highest BCUT2D eigenvalue weighted by Crippen LogP contribution is 2.52. The zero-order valence-corrected chi connectivity index (χ0v) is 20.2. The van der Waals surface area contributed by atoms with Gasteiger partial charge in [0.05, 0.1) is 0 Å². The molecule has 0 atom stereocenters. The maximum atomic E-state index is 11.9. The normalized spacial score (nSPS) is 14.5. The smallest absolute Gasteiger partial charge is 0.306 e. The van der Waals surface area contributed by atoms with Crippen LogP contribution in [0.25, 0.3) is 11.1 Å². The highest BCUT2D eigenvalue weighted by atomic mass is 79.9. The number of hydrogen-bond donors (Lipinski definition) is 0. The zero-order chi connectivity index (χ0) is 20.5. The summed E-state index contributed by atoms with van der Waals surface area (Å²) in [5.74, 6) is -0.0943. The Morgan fingerprint density at radius 3 is 1.96 bits per heavy atom. The molecule has 0 spiro atoms. The monoisotopic (exact) mass is 506 g/mol. The van der Waals surface area contributed by atoms with Gasteiger partial charge in [0.25, 0.3) is 0 Å². The van der Waals surface area contributed by atoms with Gasteiger partial charge in [-0.1, -0.05) is 63.8 Å². The molecule has 0 fully saturated rings. The minimum atomic E-state index is -0.400. The van der Waals surface area contributed by atoms with Crippen LogP contribution in [0.3, 0.4) is 0 Å². The number of benzene rings is 2. The Hall–Kier alpha value is -1.13. The molecule has 0 aromatic heterocycles. The topological polar surface area (TPSA) is 26.3 Å². The third kappa shape index (κ3) is 4.71. The van der Waals surface area contributed by atoms with Crippen LogP contribution in [0.15, 0.2) is 45.3 Å². The first-order chi connectivity index (χ1) is 13.1. The van der Waals surface area contributed by atoms with Crippen LogP contribution in [0.4, 0.5) is 0 Å². The highest BCUT2D eigenvalue weighted by Gasteiger charge is 2.39. The Morgan fingerprint density at radius 1 is 0.929 bits per heavy atom. The average molecular weight is 508 g/mol. The molecule has 0 radical (unpaired) electrons. The van der Waals surface area contributed by atoms with Crippen molar-refractivity contribution in [3.8, 4) is 11.1 Å². The summed E-state index contributed by atoms with van der Waals surface area (Å²) >= 11 is 7.30. The molecule has 3 rings (SSSR count). The first-order valence-corrected chi connectivity index (χ1v) is 11.5. The van der Waals surface area contributed by atoms with E-state index < -0.39 is 5.60 Å². The van der Waals surface area contributed by atoms with Gasteiger partial charge in [-0.25, -0.2) is 0 Å². The molecule has 0 heterocycles. The highest BCUT2D eigenvalue weighted by molar-refractivity contribution is 9.10. The van der Waals surface area contributed by atoms with Gasteiger partial charge in [0.1, 0.15) is 5.60 Å². The van der Waals surface area contributed by atoms with Crippen LogP contribution >= 0.6 is 31.9 Å². The molecule has 0 N–H and O–H groups in total. The van der Waals surface area contributed by atoms with Crippen molar-refractivity contribution in [3.05, 3.63) is 56.5 Å². The number of hydrogen-bond acceptors (Lipinski definition) is 2. The molecule has 0 saturated carbocycles. The summed E-state index contributed by atoms with van der Waals surface area (Å²) < 4.78 is 7.65. The van der Waals surface area contributed by atoms with Crippen LogP contribution in [-0.2, 0) is 14.9 Å². The minimum Gasteiger partial charge on any atom is -0.460 e. The van der Waals surface area contributed by atoms with Gasteiger partial charge in [0.15, 0.2) is 0 Å². The fourth-order valence-electron chi connectivity index (χ4n) is 4.15. The Morgan fingerprint density at radius 2 is 1.46 bits per heavy atom. The fourth-order valence-corrected chi connectivity index (χ4v) is 4.87. The molecule has 2 aromatic rings. The predicted octanol–water partition coefficient (Wildman–Crippen LogP) is 7.79. The summed E-state index contributed by atoms with van der Waals surface area (Å²) in [6.07, 6.45) is 4.55. The number of carbonyl (C=O) groups is 1. The van der Waals surface area contributed by atoms with Gasteiger partial charge in [-0.3, -0.25) is 4.79 Å². The molecule has 0 bridgehead atoms. The number of halogens is 2. The Labute approximate surface area is 185 Å². The van der Waals surface area contributed by atoms with E-state index in [0.717, 1.165) is 34.6 Å². The van der Waals surface area contributed by atoms with Crippen LogP contribution in [0, 0.1) is 0 Å². The van der Waals surface area contributed by atoms with E-state index in [1.165, 1.54) is 22.3 Å². The lowest BCUT2D eigenvalue weighted by Gasteiger charge is -2.28.